The lowest BCUT2D eigenvalue weighted by atomic mass is 10.1. The van der Waals surface area contributed by atoms with Crippen LogP contribution < -0.4 is 10.6 Å². The molecule has 2 amide bonds. The van der Waals surface area contributed by atoms with E-state index in [9.17, 15) is 9.18 Å². The number of amides is 2. The van der Waals surface area contributed by atoms with Gasteiger partial charge in [-0.25, -0.2) is 9.18 Å². The van der Waals surface area contributed by atoms with Crippen molar-refractivity contribution in [1.82, 2.24) is 15.1 Å². The van der Waals surface area contributed by atoms with E-state index in [4.69, 9.17) is 0 Å². The van der Waals surface area contributed by atoms with Crippen LogP contribution in [0.4, 0.5) is 14.9 Å². The molecule has 3 rings (SSSR count). The van der Waals surface area contributed by atoms with Crippen LogP contribution in [0.5, 0.6) is 0 Å². The second kappa shape index (κ2) is 8.97. The summed E-state index contributed by atoms with van der Waals surface area (Å²) in [6.45, 7) is 7.63. The maximum absolute atomic E-state index is 13.3. The summed E-state index contributed by atoms with van der Waals surface area (Å²) >= 11 is 0. The van der Waals surface area contributed by atoms with Gasteiger partial charge in [-0.2, -0.15) is 0 Å². The number of piperazine rings is 1. The average Bonchev–Trinajstić information content (AvgIpc) is 2.66. The first-order valence-corrected chi connectivity index (χ1v) is 9.29. The minimum absolute atomic E-state index is 0.342. The van der Waals surface area contributed by atoms with E-state index in [1.807, 2.05) is 19.1 Å². The second-order valence-corrected chi connectivity index (χ2v) is 7.16. The standard InChI is InChI=1S/C21H27FN4O/c1-16-3-8-19(22)13-20(16)24-21(27)23-14-17-4-6-18(7-5-17)15-26-11-9-25(2)10-12-26/h3-8,13H,9-12,14-15H2,1-2H3,(H2,23,24,27). The highest BCUT2D eigenvalue weighted by molar-refractivity contribution is 5.90. The number of carbonyl (C=O) groups excluding carboxylic acids is 1. The molecule has 1 fully saturated rings. The fraction of sp³-hybridized carbons (Fsp3) is 0.381. The van der Waals surface area contributed by atoms with E-state index in [0.29, 0.717) is 12.2 Å². The Morgan fingerprint density at radius 2 is 1.70 bits per heavy atom. The van der Waals surface area contributed by atoms with Gasteiger partial charge in [0.15, 0.2) is 0 Å². The van der Waals surface area contributed by atoms with Gasteiger partial charge in [0.2, 0.25) is 0 Å². The topological polar surface area (TPSA) is 47.6 Å². The first-order valence-electron chi connectivity index (χ1n) is 9.29. The molecule has 0 aromatic heterocycles. The molecule has 2 aromatic carbocycles. The largest absolute Gasteiger partial charge is 0.334 e. The summed E-state index contributed by atoms with van der Waals surface area (Å²) in [7, 11) is 2.16. The van der Waals surface area contributed by atoms with Crippen LogP contribution in [0.25, 0.3) is 0 Å². The van der Waals surface area contributed by atoms with Crippen LogP contribution in [0.3, 0.4) is 0 Å². The molecule has 0 saturated carbocycles. The average molecular weight is 370 g/mol. The van der Waals surface area contributed by atoms with Crippen molar-refractivity contribution in [3.8, 4) is 0 Å². The molecule has 2 aromatic rings. The number of anilines is 1. The Kier molecular flexibility index (Phi) is 6.42. The number of carbonyl (C=O) groups is 1. The van der Waals surface area contributed by atoms with Crippen LogP contribution in [0.15, 0.2) is 42.5 Å². The second-order valence-electron chi connectivity index (χ2n) is 7.16. The van der Waals surface area contributed by atoms with Gasteiger partial charge in [-0.1, -0.05) is 30.3 Å². The van der Waals surface area contributed by atoms with Crippen molar-refractivity contribution in [3.05, 3.63) is 65.0 Å². The molecule has 27 heavy (non-hydrogen) atoms. The molecule has 0 bridgehead atoms. The summed E-state index contributed by atoms with van der Waals surface area (Å²) in [4.78, 5) is 16.9. The maximum Gasteiger partial charge on any atom is 0.319 e. The van der Waals surface area contributed by atoms with E-state index in [1.54, 1.807) is 6.07 Å². The number of nitrogens with zero attached hydrogens (tertiary/aromatic N) is 2. The first kappa shape index (κ1) is 19.3. The molecule has 1 aliphatic heterocycles. The normalized spacial score (nSPS) is 15.5. The molecule has 0 radical (unpaired) electrons. The number of hydrogen-bond acceptors (Lipinski definition) is 3. The number of nitrogens with one attached hydrogen (secondary N) is 2. The summed E-state index contributed by atoms with van der Waals surface area (Å²) in [5.41, 5.74) is 3.61. The number of halogens is 1. The molecular formula is C21H27FN4O. The third-order valence-electron chi connectivity index (χ3n) is 4.93. The van der Waals surface area contributed by atoms with Gasteiger partial charge in [0.1, 0.15) is 5.82 Å². The number of benzene rings is 2. The Morgan fingerprint density at radius 1 is 1.04 bits per heavy atom. The molecule has 5 nitrogen and oxygen atoms in total. The zero-order chi connectivity index (χ0) is 19.2. The van der Waals surface area contributed by atoms with Crippen LogP contribution in [0.1, 0.15) is 16.7 Å². The highest BCUT2D eigenvalue weighted by Gasteiger charge is 2.13. The maximum atomic E-state index is 13.3. The van der Waals surface area contributed by atoms with Crippen molar-refractivity contribution in [2.75, 3.05) is 38.5 Å². The smallest absolute Gasteiger partial charge is 0.319 e. The molecular weight excluding hydrogens is 343 g/mol. The number of rotatable bonds is 5. The summed E-state index contributed by atoms with van der Waals surface area (Å²) in [5, 5.41) is 5.50. The van der Waals surface area contributed by atoms with Gasteiger partial charge in [0.25, 0.3) is 0 Å². The number of urea groups is 1. The van der Waals surface area contributed by atoms with Gasteiger partial charge in [-0.3, -0.25) is 4.90 Å². The quantitative estimate of drug-likeness (QED) is 0.850. The van der Waals surface area contributed by atoms with E-state index < -0.39 is 0 Å². The van der Waals surface area contributed by atoms with Crippen molar-refractivity contribution < 1.29 is 9.18 Å². The van der Waals surface area contributed by atoms with Gasteiger partial charge in [0.05, 0.1) is 0 Å². The van der Waals surface area contributed by atoms with Crippen molar-refractivity contribution in [2.45, 2.75) is 20.0 Å². The molecule has 144 valence electrons. The minimum atomic E-state index is -0.369. The summed E-state index contributed by atoms with van der Waals surface area (Å²) < 4.78 is 13.3. The van der Waals surface area contributed by atoms with Crippen LogP contribution in [0.2, 0.25) is 0 Å². The lowest BCUT2D eigenvalue weighted by Gasteiger charge is -2.32. The van der Waals surface area contributed by atoms with Crippen molar-refractivity contribution in [3.63, 3.8) is 0 Å². The third-order valence-corrected chi connectivity index (χ3v) is 4.93. The zero-order valence-corrected chi connectivity index (χ0v) is 16.0. The number of aryl methyl sites for hydroxylation is 1. The Hall–Kier alpha value is -2.44. The Labute approximate surface area is 160 Å². The van der Waals surface area contributed by atoms with Gasteiger partial charge < -0.3 is 15.5 Å². The molecule has 0 unspecified atom stereocenters. The Balaban J connectivity index is 1.47. The van der Waals surface area contributed by atoms with Crippen LogP contribution in [-0.4, -0.2) is 49.1 Å². The summed E-state index contributed by atoms with van der Waals surface area (Å²) in [6, 6.07) is 12.3. The Morgan fingerprint density at radius 3 is 2.41 bits per heavy atom. The molecule has 1 aliphatic rings. The summed E-state index contributed by atoms with van der Waals surface area (Å²) in [6.07, 6.45) is 0. The molecule has 1 heterocycles. The third kappa shape index (κ3) is 5.77. The number of likely N-dealkylation sites (N-methyl/N-ethyl adjacent to an activating group) is 1. The SMILES string of the molecule is Cc1ccc(F)cc1NC(=O)NCc1ccc(CN2CCN(C)CC2)cc1. The fourth-order valence-electron chi connectivity index (χ4n) is 3.10. The number of hydrogen-bond donors (Lipinski definition) is 2. The minimum Gasteiger partial charge on any atom is -0.334 e. The van der Waals surface area contributed by atoms with Gasteiger partial charge in [-0.15, -0.1) is 0 Å². The summed E-state index contributed by atoms with van der Waals surface area (Å²) in [5.74, 6) is -0.369. The van der Waals surface area contributed by atoms with Crippen molar-refractivity contribution in [1.29, 1.82) is 0 Å². The van der Waals surface area contributed by atoms with E-state index in [-0.39, 0.29) is 11.8 Å². The van der Waals surface area contributed by atoms with Gasteiger partial charge in [-0.05, 0) is 42.8 Å². The van der Waals surface area contributed by atoms with Crippen molar-refractivity contribution in [2.24, 2.45) is 0 Å². The zero-order valence-electron chi connectivity index (χ0n) is 16.0. The molecule has 2 N–H and O–H groups in total. The highest BCUT2D eigenvalue weighted by atomic mass is 19.1. The predicted molar refractivity (Wildman–Crippen MR) is 106 cm³/mol. The van der Waals surface area contributed by atoms with Crippen LogP contribution >= 0.6 is 0 Å². The van der Waals surface area contributed by atoms with E-state index in [1.165, 1.54) is 17.7 Å². The van der Waals surface area contributed by atoms with E-state index in [0.717, 1.165) is 43.9 Å². The first-order chi connectivity index (χ1) is 13.0. The molecule has 0 atom stereocenters. The van der Waals surface area contributed by atoms with Crippen LogP contribution in [0, 0.1) is 12.7 Å². The fourth-order valence-corrected chi connectivity index (χ4v) is 3.10. The lowest BCUT2D eigenvalue weighted by Crippen LogP contribution is -2.43. The molecule has 1 saturated heterocycles. The van der Waals surface area contributed by atoms with E-state index >= 15 is 0 Å². The molecule has 0 spiro atoms. The van der Waals surface area contributed by atoms with Crippen LogP contribution in [-0.2, 0) is 13.1 Å². The predicted octanol–water partition coefficient (Wildman–Crippen LogP) is 3.20. The van der Waals surface area contributed by atoms with Gasteiger partial charge >= 0.3 is 6.03 Å². The highest BCUT2D eigenvalue weighted by Crippen LogP contribution is 2.16. The molecule has 0 aliphatic carbocycles. The molecule has 6 heteroatoms. The monoisotopic (exact) mass is 370 g/mol. The Bertz CT molecular complexity index is 770. The van der Waals surface area contributed by atoms with Gasteiger partial charge in [0, 0.05) is 45.0 Å². The van der Waals surface area contributed by atoms with E-state index in [2.05, 4.69) is 39.6 Å². The van der Waals surface area contributed by atoms with Crippen molar-refractivity contribution >= 4 is 11.7 Å². The lowest BCUT2D eigenvalue weighted by molar-refractivity contribution is 0.148.